The van der Waals surface area contributed by atoms with Gasteiger partial charge in [-0.2, -0.15) is 0 Å². The van der Waals surface area contributed by atoms with Crippen molar-refractivity contribution in [1.29, 1.82) is 0 Å². The molecule has 0 saturated carbocycles. The van der Waals surface area contributed by atoms with Gasteiger partial charge >= 0.3 is 0 Å². The van der Waals surface area contributed by atoms with Gasteiger partial charge < -0.3 is 25.8 Å². The molecule has 0 saturated heterocycles. The molecule has 1 aromatic heterocycles. The van der Waals surface area contributed by atoms with Gasteiger partial charge in [-0.05, 0) is 43.8 Å². The monoisotopic (exact) mass is 544 g/mol. The lowest BCUT2D eigenvalue weighted by Crippen LogP contribution is -2.37. The minimum absolute atomic E-state index is 0. The van der Waals surface area contributed by atoms with Crippen LogP contribution < -0.4 is 25.8 Å². The van der Waals surface area contributed by atoms with Crippen LogP contribution >= 0.6 is 35.3 Å². The maximum Gasteiger partial charge on any atom is 0.224 e. The van der Waals surface area contributed by atoms with Crippen LogP contribution in [0.2, 0.25) is 0 Å². The van der Waals surface area contributed by atoms with E-state index in [4.69, 9.17) is 15.2 Å². The highest BCUT2D eigenvalue weighted by Gasteiger charge is 2.24. The van der Waals surface area contributed by atoms with Crippen LogP contribution in [0.5, 0.6) is 11.5 Å². The maximum atomic E-state index is 11.6. The third-order valence-electron chi connectivity index (χ3n) is 4.55. The number of amides is 1. The third kappa shape index (κ3) is 7.05. The zero-order valence-electron chi connectivity index (χ0n) is 17.3. The van der Waals surface area contributed by atoms with Crippen LogP contribution in [-0.4, -0.2) is 38.2 Å². The summed E-state index contributed by atoms with van der Waals surface area (Å²) in [7, 11) is 0. The van der Waals surface area contributed by atoms with Crippen molar-refractivity contribution in [3.8, 4) is 11.5 Å². The number of aliphatic imine (C=N–C) groups is 1. The Balaban J connectivity index is 0.00000320. The van der Waals surface area contributed by atoms with Crippen molar-refractivity contribution in [1.82, 2.24) is 5.32 Å². The van der Waals surface area contributed by atoms with Crippen LogP contribution in [-0.2, 0) is 11.2 Å². The van der Waals surface area contributed by atoms with Crippen molar-refractivity contribution in [2.45, 2.75) is 26.7 Å². The Hall–Kier alpha value is -2.01. The lowest BCUT2D eigenvalue weighted by atomic mass is 9.93. The molecule has 7 nitrogen and oxygen atoms in total. The number of nitrogens with one attached hydrogen (secondary N) is 2. The van der Waals surface area contributed by atoms with Crippen LogP contribution in [0.25, 0.3) is 0 Å². The molecule has 1 aliphatic rings. The van der Waals surface area contributed by atoms with Gasteiger partial charge in [0.1, 0.15) is 0 Å². The van der Waals surface area contributed by atoms with Gasteiger partial charge in [0.25, 0.3) is 0 Å². The molecule has 164 valence electrons. The molecule has 0 spiro atoms. The fourth-order valence-corrected chi connectivity index (χ4v) is 3.34. The summed E-state index contributed by atoms with van der Waals surface area (Å²) in [4.78, 5) is 17.5. The van der Waals surface area contributed by atoms with E-state index in [1.807, 2.05) is 24.3 Å². The minimum Gasteiger partial charge on any atom is -0.490 e. The maximum absolute atomic E-state index is 11.6. The van der Waals surface area contributed by atoms with E-state index in [1.165, 1.54) is 4.88 Å². The smallest absolute Gasteiger partial charge is 0.224 e. The van der Waals surface area contributed by atoms with E-state index >= 15 is 0 Å². The fourth-order valence-electron chi connectivity index (χ4n) is 2.63. The van der Waals surface area contributed by atoms with Gasteiger partial charge in [-0.15, -0.1) is 35.3 Å². The van der Waals surface area contributed by atoms with Crippen molar-refractivity contribution < 1.29 is 14.3 Å². The molecule has 0 fully saturated rings. The number of nitrogens with zero attached hydrogens (tertiary/aromatic N) is 1. The quantitative estimate of drug-likeness (QED) is 0.281. The summed E-state index contributed by atoms with van der Waals surface area (Å²) in [5, 5.41) is 8.69. The molecule has 4 N–H and O–H groups in total. The Morgan fingerprint density at radius 2 is 2.00 bits per heavy atom. The number of guanidine groups is 1. The molecular formula is C21H29IN4O3S. The number of benzene rings is 1. The van der Waals surface area contributed by atoms with Crippen molar-refractivity contribution in [2.24, 2.45) is 16.1 Å². The second kappa shape index (κ2) is 11.4. The zero-order valence-corrected chi connectivity index (χ0v) is 20.4. The van der Waals surface area contributed by atoms with Gasteiger partial charge in [-0.1, -0.05) is 6.07 Å². The van der Waals surface area contributed by atoms with E-state index < -0.39 is 5.41 Å². The number of carbonyl (C=O) groups excluding carboxylic acids is 1. The molecular weight excluding hydrogens is 515 g/mol. The molecule has 0 radical (unpaired) electrons. The summed E-state index contributed by atoms with van der Waals surface area (Å²) in [5.74, 6) is 1.66. The molecule has 2 aromatic rings. The average Bonchev–Trinajstić information content (AvgIpc) is 3.09. The number of ether oxygens (including phenoxy) is 2. The highest BCUT2D eigenvalue weighted by Crippen LogP contribution is 2.32. The summed E-state index contributed by atoms with van der Waals surface area (Å²) < 4.78 is 11.4. The molecule has 1 amide bonds. The Kier molecular flexibility index (Phi) is 9.22. The van der Waals surface area contributed by atoms with Crippen LogP contribution in [0.3, 0.4) is 0 Å². The first-order valence-corrected chi connectivity index (χ1v) is 10.6. The van der Waals surface area contributed by atoms with E-state index in [-0.39, 0.29) is 36.4 Å². The Labute approximate surface area is 198 Å². The number of halogens is 1. The fraction of sp³-hybridized carbons (Fsp3) is 0.429. The molecule has 9 heteroatoms. The standard InChI is InChI=1S/C21H28N4O3S.HI/c1-21(2,19(22)26)14-24-20(23-9-8-16-5-3-12-29-16)25-15-6-7-17-18(13-15)28-11-4-10-27-17;/h3,5-7,12-13H,4,8-11,14H2,1-2H3,(H2,22,26)(H2,23,24,25);1H. The molecule has 30 heavy (non-hydrogen) atoms. The van der Waals surface area contributed by atoms with E-state index in [0.717, 1.165) is 24.3 Å². The van der Waals surface area contributed by atoms with Gasteiger partial charge in [0.05, 0.1) is 25.2 Å². The molecule has 0 unspecified atom stereocenters. The lowest BCUT2D eigenvalue weighted by molar-refractivity contribution is -0.125. The van der Waals surface area contributed by atoms with E-state index in [2.05, 4.69) is 27.1 Å². The van der Waals surface area contributed by atoms with Crippen LogP contribution in [0.15, 0.2) is 40.7 Å². The summed E-state index contributed by atoms with van der Waals surface area (Å²) in [6, 6.07) is 9.86. The lowest BCUT2D eigenvalue weighted by Gasteiger charge is -2.19. The summed E-state index contributed by atoms with van der Waals surface area (Å²) in [6.07, 6.45) is 1.75. The topological polar surface area (TPSA) is 98.0 Å². The Morgan fingerprint density at radius 3 is 2.70 bits per heavy atom. The number of nitrogens with two attached hydrogens (primary N) is 1. The number of primary amides is 1. The number of hydrogen-bond donors (Lipinski definition) is 3. The van der Waals surface area contributed by atoms with E-state index in [0.29, 0.717) is 31.5 Å². The Morgan fingerprint density at radius 1 is 1.23 bits per heavy atom. The van der Waals surface area contributed by atoms with Gasteiger partial charge in [0.15, 0.2) is 17.5 Å². The first kappa shape index (κ1) is 24.3. The number of fused-ring (bicyclic) bond motifs is 1. The predicted molar refractivity (Wildman–Crippen MR) is 132 cm³/mol. The largest absolute Gasteiger partial charge is 0.490 e. The molecule has 2 heterocycles. The Bertz CT molecular complexity index is 856. The van der Waals surface area contributed by atoms with Crippen molar-refractivity contribution >= 4 is 52.9 Å². The highest BCUT2D eigenvalue weighted by atomic mass is 127. The number of thiophene rings is 1. The van der Waals surface area contributed by atoms with Gasteiger partial charge in [0.2, 0.25) is 5.91 Å². The van der Waals surface area contributed by atoms with Crippen molar-refractivity contribution in [2.75, 3.05) is 31.6 Å². The van der Waals surface area contributed by atoms with Crippen molar-refractivity contribution in [3.05, 3.63) is 40.6 Å². The van der Waals surface area contributed by atoms with Gasteiger partial charge in [-0.3, -0.25) is 9.79 Å². The first-order chi connectivity index (χ1) is 13.9. The summed E-state index contributed by atoms with van der Waals surface area (Å²) in [6.45, 7) is 5.85. The average molecular weight is 544 g/mol. The molecule has 0 aliphatic carbocycles. The minimum atomic E-state index is -0.729. The normalized spacial score (nSPS) is 13.7. The summed E-state index contributed by atoms with van der Waals surface area (Å²) >= 11 is 1.73. The predicted octanol–water partition coefficient (Wildman–Crippen LogP) is 3.64. The molecule has 1 aromatic carbocycles. The first-order valence-electron chi connectivity index (χ1n) is 9.71. The second-order valence-corrected chi connectivity index (χ2v) is 8.54. The van der Waals surface area contributed by atoms with Gasteiger partial charge in [-0.25, -0.2) is 0 Å². The zero-order chi connectivity index (χ0) is 20.7. The number of anilines is 1. The van der Waals surface area contributed by atoms with E-state index in [9.17, 15) is 4.79 Å². The number of rotatable bonds is 7. The molecule has 0 bridgehead atoms. The summed E-state index contributed by atoms with van der Waals surface area (Å²) in [5.41, 5.74) is 5.58. The molecule has 1 aliphatic heterocycles. The van der Waals surface area contributed by atoms with Crippen molar-refractivity contribution in [3.63, 3.8) is 0 Å². The second-order valence-electron chi connectivity index (χ2n) is 7.51. The number of hydrogen-bond acceptors (Lipinski definition) is 5. The number of carbonyl (C=O) groups is 1. The SMILES string of the molecule is CC(C)(CN=C(NCCc1cccs1)Nc1ccc2c(c1)OCCCO2)C(N)=O.I. The van der Waals surface area contributed by atoms with E-state index in [1.54, 1.807) is 25.2 Å². The van der Waals surface area contributed by atoms with Crippen LogP contribution in [0.1, 0.15) is 25.1 Å². The van der Waals surface area contributed by atoms with Crippen LogP contribution in [0.4, 0.5) is 5.69 Å². The van der Waals surface area contributed by atoms with Crippen LogP contribution in [0, 0.1) is 5.41 Å². The molecule has 0 atom stereocenters. The molecule has 3 rings (SSSR count). The van der Waals surface area contributed by atoms with Gasteiger partial charge in [0, 0.05) is 29.6 Å². The highest BCUT2D eigenvalue weighted by molar-refractivity contribution is 14.0. The third-order valence-corrected chi connectivity index (χ3v) is 5.49.